The Hall–Kier alpha value is -4.86. The normalized spacial score (nSPS) is 11.1. The number of hydrogen-bond acceptors (Lipinski definition) is 12. The highest BCUT2D eigenvalue weighted by atomic mass is 32.1. The highest BCUT2D eigenvalue weighted by Gasteiger charge is 2.21. The second-order valence-corrected chi connectivity index (χ2v) is 12.9. The van der Waals surface area contributed by atoms with Gasteiger partial charge in [0.15, 0.2) is 15.7 Å². The van der Waals surface area contributed by atoms with Crippen molar-refractivity contribution in [3.63, 3.8) is 0 Å². The minimum absolute atomic E-state index is 0.00344. The van der Waals surface area contributed by atoms with Crippen LogP contribution in [0, 0.1) is 0 Å². The van der Waals surface area contributed by atoms with E-state index < -0.39 is 0 Å². The summed E-state index contributed by atoms with van der Waals surface area (Å²) in [6, 6.07) is 15.2. The molecule has 0 fully saturated rings. The summed E-state index contributed by atoms with van der Waals surface area (Å²) in [4.78, 5) is 39.0. The van der Waals surface area contributed by atoms with Crippen LogP contribution in [0.5, 0.6) is 11.5 Å². The maximum absolute atomic E-state index is 12.7. The molecule has 6 rings (SSSR count). The largest absolute Gasteiger partial charge is 0.497 e. The fraction of sp³-hybridized carbons (Fsp3) is 0.278. The molecule has 0 saturated heterocycles. The van der Waals surface area contributed by atoms with Crippen molar-refractivity contribution in [2.75, 3.05) is 56.6 Å². The van der Waals surface area contributed by atoms with Crippen molar-refractivity contribution in [2.24, 2.45) is 0 Å². The molecule has 50 heavy (non-hydrogen) atoms. The zero-order valence-corrected chi connectivity index (χ0v) is 31.2. The maximum Gasteiger partial charge on any atom is 0.217 e. The number of allylic oxidation sites excluding steroid dienone is 1. The number of Topliss-reactive ketones (excluding diaryl/α,β-unsaturated/α-hetero) is 1. The Morgan fingerprint density at radius 2 is 1.24 bits per heavy atom. The van der Waals surface area contributed by atoms with E-state index in [2.05, 4.69) is 9.97 Å². The molecule has 0 aliphatic rings. The minimum Gasteiger partial charge on any atom is -0.497 e. The molecule has 0 N–H and O–H groups in total. The van der Waals surface area contributed by atoms with Crippen molar-refractivity contribution in [1.82, 2.24) is 28.6 Å². The highest BCUT2D eigenvalue weighted by Crippen LogP contribution is 2.31. The Balaban J connectivity index is 0.000000188. The summed E-state index contributed by atoms with van der Waals surface area (Å²) in [5, 5.41) is 3.84. The summed E-state index contributed by atoms with van der Waals surface area (Å²) in [7, 11) is 14.0. The lowest BCUT2D eigenvalue weighted by Gasteiger charge is -2.19. The number of hydrogen-bond donors (Lipinski definition) is 0. The molecule has 0 aliphatic carbocycles. The molecule has 0 radical (unpaired) electrons. The molecule has 14 heteroatoms. The van der Waals surface area contributed by atoms with Gasteiger partial charge in [0.05, 0.1) is 14.2 Å². The first-order valence-electron chi connectivity index (χ1n) is 15.3. The number of carbonyl (C=O) groups excluding carboxylic acids is 2. The first kappa shape index (κ1) is 38.0. The van der Waals surface area contributed by atoms with Crippen LogP contribution in [0.1, 0.15) is 27.9 Å². The number of benzene rings is 2. The van der Waals surface area contributed by atoms with E-state index in [1.165, 1.54) is 22.7 Å². The van der Waals surface area contributed by atoms with Gasteiger partial charge in [0.25, 0.3) is 0 Å². The molecule has 4 heterocycles. The van der Waals surface area contributed by atoms with Crippen LogP contribution in [0.2, 0.25) is 0 Å². The lowest BCUT2D eigenvalue weighted by Crippen LogP contribution is -2.30. The van der Waals surface area contributed by atoms with Crippen LogP contribution < -0.4 is 9.47 Å². The van der Waals surface area contributed by atoms with Crippen molar-refractivity contribution in [3.8, 4) is 34.0 Å². The maximum atomic E-state index is 12.7. The minimum atomic E-state index is -0.213. The van der Waals surface area contributed by atoms with Crippen molar-refractivity contribution >= 4 is 44.2 Å². The lowest BCUT2D eigenvalue weighted by molar-refractivity contribution is -0.179. The molecule has 264 valence electrons. The molecule has 6 aromatic rings. The van der Waals surface area contributed by atoms with Gasteiger partial charge in [-0.1, -0.05) is 24.3 Å². The van der Waals surface area contributed by atoms with E-state index in [9.17, 15) is 9.59 Å². The number of fused-ring (bicyclic) bond motifs is 2. The molecule has 0 amide bonds. The Labute approximate surface area is 299 Å². The standard InChI is InChI=1S/C17H17N3O2S.C14H12N2O2S.C5H13NO2/c1-19(2)8-7-14(21)16-15(18-17-20(16)9-10-23-17)12-5-4-6-13(11-12)22-3;1-9(17)13-12(15-14-16(13)6-7-19-14)10-4-3-5-11(8-10)18-2;1-6(2)5(7-3)8-4/h4-11H,1-3H3;3-8H,1-2H3;5H,1-4H3. The Morgan fingerprint density at radius 3 is 1.64 bits per heavy atom. The number of methoxy groups -OCH3 is 4. The van der Waals surface area contributed by atoms with Gasteiger partial charge < -0.3 is 23.8 Å². The van der Waals surface area contributed by atoms with Crippen molar-refractivity contribution < 1.29 is 28.5 Å². The number of rotatable bonds is 11. The number of thiazole rings is 2. The van der Waals surface area contributed by atoms with Crippen molar-refractivity contribution in [1.29, 1.82) is 0 Å². The van der Waals surface area contributed by atoms with Crippen LogP contribution in [0.25, 0.3) is 32.4 Å². The summed E-state index contributed by atoms with van der Waals surface area (Å²) in [6.45, 7) is 1.56. The van der Waals surface area contributed by atoms with Crippen LogP contribution in [-0.2, 0) is 9.47 Å². The van der Waals surface area contributed by atoms with Gasteiger partial charge in [-0.2, -0.15) is 0 Å². The van der Waals surface area contributed by atoms with Gasteiger partial charge in [-0.15, -0.1) is 22.7 Å². The predicted molar refractivity (Wildman–Crippen MR) is 199 cm³/mol. The van der Waals surface area contributed by atoms with Gasteiger partial charge in [-0.25, -0.2) is 9.97 Å². The predicted octanol–water partition coefficient (Wildman–Crippen LogP) is 6.73. The van der Waals surface area contributed by atoms with Crippen LogP contribution in [0.3, 0.4) is 0 Å². The molecule has 4 aromatic heterocycles. The summed E-state index contributed by atoms with van der Waals surface area (Å²) >= 11 is 3.02. The number of ether oxygens (including phenoxy) is 4. The number of nitrogens with zero attached hydrogens (tertiary/aromatic N) is 6. The molecule has 0 atom stereocenters. The van der Waals surface area contributed by atoms with E-state index in [0.717, 1.165) is 32.5 Å². The summed E-state index contributed by atoms with van der Waals surface area (Å²) in [5.41, 5.74) is 4.31. The SMILES string of the molecule is COC(OC)N(C)C.COc1cccc(-c2nc3sccn3c2C(=O)C=CN(C)C)c1.COc1cccc(-c2nc3sccn3c2C(C)=O)c1. The first-order valence-corrected chi connectivity index (χ1v) is 17.1. The highest BCUT2D eigenvalue weighted by molar-refractivity contribution is 7.15. The Morgan fingerprint density at radius 1 is 0.760 bits per heavy atom. The van der Waals surface area contributed by atoms with Gasteiger partial charge in [-0.3, -0.25) is 23.3 Å². The molecule has 12 nitrogen and oxygen atoms in total. The van der Waals surface area contributed by atoms with Crippen LogP contribution in [0.15, 0.2) is 84.0 Å². The number of aromatic nitrogens is 4. The van der Waals surface area contributed by atoms with E-state index >= 15 is 0 Å². The molecule has 0 aliphatic heterocycles. The molecule has 0 bridgehead atoms. The van der Waals surface area contributed by atoms with Gasteiger partial charge in [-0.05, 0) is 38.4 Å². The average molecular weight is 719 g/mol. The molecular weight excluding hydrogens is 677 g/mol. The Kier molecular flexibility index (Phi) is 13.4. The monoisotopic (exact) mass is 718 g/mol. The van der Waals surface area contributed by atoms with E-state index in [0.29, 0.717) is 22.8 Å². The molecule has 0 saturated carbocycles. The van der Waals surface area contributed by atoms with Crippen molar-refractivity contribution in [3.05, 3.63) is 95.3 Å². The van der Waals surface area contributed by atoms with Crippen LogP contribution >= 0.6 is 22.7 Å². The van der Waals surface area contributed by atoms with E-state index in [4.69, 9.17) is 18.9 Å². The molecule has 0 unspecified atom stereocenters. The van der Waals surface area contributed by atoms with Gasteiger partial charge in [0.2, 0.25) is 12.2 Å². The summed E-state index contributed by atoms with van der Waals surface area (Å²) in [5.74, 6) is 1.41. The van der Waals surface area contributed by atoms with Gasteiger partial charge >= 0.3 is 0 Å². The van der Waals surface area contributed by atoms with Crippen LogP contribution in [0.4, 0.5) is 0 Å². The quantitative estimate of drug-likeness (QED) is 0.0813. The second-order valence-electron chi connectivity index (χ2n) is 11.1. The van der Waals surface area contributed by atoms with Gasteiger partial charge in [0, 0.05) is 81.8 Å². The van der Waals surface area contributed by atoms with E-state index in [-0.39, 0.29) is 18.0 Å². The number of carbonyl (C=O) groups is 2. The molecule has 2 aromatic carbocycles. The summed E-state index contributed by atoms with van der Waals surface area (Å²) < 4.78 is 23.9. The average Bonchev–Trinajstić information content (AvgIpc) is 3.90. The zero-order chi connectivity index (χ0) is 36.4. The smallest absolute Gasteiger partial charge is 0.217 e. The summed E-state index contributed by atoms with van der Waals surface area (Å²) in [6.07, 6.45) is 6.82. The zero-order valence-electron chi connectivity index (χ0n) is 29.6. The topological polar surface area (TPSA) is 112 Å². The molecule has 0 spiro atoms. The fourth-order valence-corrected chi connectivity index (χ4v) is 6.33. The van der Waals surface area contributed by atoms with Gasteiger partial charge in [0.1, 0.15) is 34.3 Å². The van der Waals surface area contributed by atoms with E-state index in [1.807, 2.05) is 118 Å². The fourth-order valence-electron chi connectivity index (χ4n) is 4.90. The number of ketones is 2. The lowest BCUT2D eigenvalue weighted by atomic mass is 10.1. The van der Waals surface area contributed by atoms with Crippen molar-refractivity contribution in [2.45, 2.75) is 13.3 Å². The Bertz CT molecular complexity index is 2050. The number of imidazole rings is 2. The third-order valence-corrected chi connectivity index (χ3v) is 8.64. The third-order valence-electron chi connectivity index (χ3n) is 7.13. The van der Waals surface area contributed by atoms with E-state index in [1.54, 1.807) is 47.6 Å². The first-order chi connectivity index (χ1) is 24.0. The third kappa shape index (κ3) is 9.02. The van der Waals surface area contributed by atoms with Crippen LogP contribution in [-0.4, -0.2) is 103 Å². The second kappa shape index (κ2) is 17.7. The molecular formula is C36H42N6O6S2.